The molecule has 1 aliphatic heterocycles. The SMILES string of the molecule is CNS(=O)(=O)c1cc(C(=O)N2CCC(C)CC2CN)c(C)o1.Cl. The van der Waals surface area contributed by atoms with Gasteiger partial charge >= 0.3 is 0 Å². The Morgan fingerprint density at radius 3 is 2.74 bits per heavy atom. The topological polar surface area (TPSA) is 106 Å². The molecule has 23 heavy (non-hydrogen) atoms. The first-order valence-electron chi connectivity index (χ1n) is 7.35. The van der Waals surface area contributed by atoms with E-state index in [0.717, 1.165) is 12.8 Å². The number of furan rings is 1. The number of sulfonamides is 1. The molecule has 1 saturated heterocycles. The average Bonchev–Trinajstić information content (AvgIpc) is 2.89. The standard InChI is InChI=1S/C14H23N3O4S.ClH/c1-9-4-5-17(11(6-9)8-15)14(18)12-7-13(21-10(12)2)22(19,20)16-3;/h7,9,11,16H,4-6,8,15H2,1-3H3;1H. The highest BCUT2D eigenvalue weighted by Gasteiger charge is 2.32. The smallest absolute Gasteiger partial charge is 0.273 e. The van der Waals surface area contributed by atoms with Crippen LogP contribution >= 0.6 is 12.4 Å². The first-order chi connectivity index (χ1) is 10.3. The first-order valence-corrected chi connectivity index (χ1v) is 8.83. The molecule has 0 spiro atoms. The minimum absolute atomic E-state index is 0. The van der Waals surface area contributed by atoms with Crippen molar-refractivity contribution < 1.29 is 17.6 Å². The van der Waals surface area contributed by atoms with Gasteiger partial charge in [-0.2, -0.15) is 0 Å². The van der Waals surface area contributed by atoms with Gasteiger partial charge in [0.1, 0.15) is 5.76 Å². The van der Waals surface area contributed by atoms with Crippen molar-refractivity contribution >= 4 is 28.3 Å². The van der Waals surface area contributed by atoms with Crippen molar-refractivity contribution in [1.82, 2.24) is 9.62 Å². The number of halogens is 1. The van der Waals surface area contributed by atoms with E-state index in [1.807, 2.05) is 0 Å². The summed E-state index contributed by atoms with van der Waals surface area (Å²) in [5.41, 5.74) is 6.06. The second kappa shape index (κ2) is 7.65. The maximum atomic E-state index is 12.7. The van der Waals surface area contributed by atoms with Gasteiger partial charge in [-0.25, -0.2) is 13.1 Å². The van der Waals surface area contributed by atoms with E-state index in [9.17, 15) is 13.2 Å². The number of rotatable bonds is 4. The van der Waals surface area contributed by atoms with E-state index in [1.54, 1.807) is 11.8 Å². The molecular formula is C14H24ClN3O4S. The Hall–Kier alpha value is -1.09. The van der Waals surface area contributed by atoms with Crippen LogP contribution in [0.2, 0.25) is 0 Å². The van der Waals surface area contributed by atoms with Gasteiger partial charge < -0.3 is 15.1 Å². The van der Waals surface area contributed by atoms with Crippen molar-refractivity contribution in [3.05, 3.63) is 17.4 Å². The van der Waals surface area contributed by atoms with Gasteiger partial charge in [0, 0.05) is 25.2 Å². The van der Waals surface area contributed by atoms with Crippen molar-refractivity contribution in [1.29, 1.82) is 0 Å². The summed E-state index contributed by atoms with van der Waals surface area (Å²) in [5, 5.41) is -0.245. The summed E-state index contributed by atoms with van der Waals surface area (Å²) in [5.74, 6) is 0.609. The number of carbonyl (C=O) groups is 1. The molecule has 1 amide bonds. The number of carbonyl (C=O) groups excluding carboxylic acids is 1. The van der Waals surface area contributed by atoms with Crippen molar-refractivity contribution in [2.45, 2.75) is 37.8 Å². The Balaban J connectivity index is 0.00000264. The van der Waals surface area contributed by atoms with Crippen LogP contribution in [0.15, 0.2) is 15.6 Å². The van der Waals surface area contributed by atoms with Crippen molar-refractivity contribution in [2.24, 2.45) is 11.7 Å². The molecule has 1 aromatic heterocycles. The first kappa shape index (κ1) is 20.0. The molecule has 0 aliphatic carbocycles. The lowest BCUT2D eigenvalue weighted by Crippen LogP contribution is -2.49. The highest BCUT2D eigenvalue weighted by atomic mass is 35.5. The fourth-order valence-corrected chi connectivity index (χ4v) is 3.51. The Morgan fingerprint density at radius 2 is 2.17 bits per heavy atom. The molecule has 1 aromatic rings. The second-order valence-electron chi connectivity index (χ2n) is 5.76. The van der Waals surface area contributed by atoms with Gasteiger partial charge in [-0.3, -0.25) is 4.79 Å². The lowest BCUT2D eigenvalue weighted by molar-refractivity contribution is 0.0572. The number of hydrogen-bond acceptors (Lipinski definition) is 5. The summed E-state index contributed by atoms with van der Waals surface area (Å²) < 4.78 is 31.0. The lowest BCUT2D eigenvalue weighted by atomic mass is 9.92. The number of likely N-dealkylation sites (tertiary alicyclic amines) is 1. The number of piperidine rings is 1. The Kier molecular flexibility index (Phi) is 6.64. The molecule has 0 radical (unpaired) electrons. The van der Waals surface area contributed by atoms with Crippen LogP contribution in [0.4, 0.5) is 0 Å². The monoisotopic (exact) mass is 365 g/mol. The van der Waals surface area contributed by atoms with E-state index >= 15 is 0 Å². The van der Waals surface area contributed by atoms with E-state index in [0.29, 0.717) is 24.8 Å². The van der Waals surface area contributed by atoms with Crippen LogP contribution in [0.3, 0.4) is 0 Å². The number of nitrogens with two attached hydrogens (primary N) is 1. The zero-order valence-electron chi connectivity index (χ0n) is 13.5. The fourth-order valence-electron chi connectivity index (χ4n) is 2.80. The maximum Gasteiger partial charge on any atom is 0.273 e. The molecule has 9 heteroatoms. The van der Waals surface area contributed by atoms with Crippen LogP contribution in [0.1, 0.15) is 35.9 Å². The predicted octanol–water partition coefficient (Wildman–Crippen LogP) is 1.12. The van der Waals surface area contributed by atoms with Gasteiger partial charge in [0.2, 0.25) is 5.09 Å². The molecule has 2 heterocycles. The Labute approximate surface area is 143 Å². The summed E-state index contributed by atoms with van der Waals surface area (Å²) >= 11 is 0. The Bertz CT molecular complexity index is 659. The third-order valence-electron chi connectivity index (χ3n) is 4.17. The Morgan fingerprint density at radius 1 is 1.52 bits per heavy atom. The van der Waals surface area contributed by atoms with Crippen LogP contribution in [0.5, 0.6) is 0 Å². The van der Waals surface area contributed by atoms with E-state index in [2.05, 4.69) is 11.6 Å². The summed E-state index contributed by atoms with van der Waals surface area (Å²) in [4.78, 5) is 14.5. The largest absolute Gasteiger partial charge is 0.448 e. The molecule has 2 atom stereocenters. The molecule has 0 aromatic carbocycles. The van der Waals surface area contributed by atoms with E-state index in [-0.39, 0.29) is 35.0 Å². The van der Waals surface area contributed by atoms with E-state index < -0.39 is 10.0 Å². The second-order valence-corrected chi connectivity index (χ2v) is 7.58. The lowest BCUT2D eigenvalue weighted by Gasteiger charge is -2.37. The molecule has 3 N–H and O–H groups in total. The highest BCUT2D eigenvalue weighted by Crippen LogP contribution is 2.26. The minimum atomic E-state index is -3.70. The molecular weight excluding hydrogens is 342 g/mol. The average molecular weight is 366 g/mol. The quantitative estimate of drug-likeness (QED) is 0.831. The molecule has 0 saturated carbocycles. The molecule has 0 bridgehead atoms. The van der Waals surface area contributed by atoms with Gasteiger partial charge in [-0.05, 0) is 32.7 Å². The molecule has 2 rings (SSSR count). The number of amides is 1. The summed E-state index contributed by atoms with van der Waals surface area (Å²) in [6.45, 7) is 4.76. The summed E-state index contributed by atoms with van der Waals surface area (Å²) in [7, 11) is -2.41. The van der Waals surface area contributed by atoms with Crippen LogP contribution < -0.4 is 10.5 Å². The van der Waals surface area contributed by atoms with Gasteiger partial charge in [0.05, 0.1) is 5.56 Å². The third kappa shape index (κ3) is 4.06. The van der Waals surface area contributed by atoms with Crippen LogP contribution in [0, 0.1) is 12.8 Å². The number of nitrogens with zero attached hydrogens (tertiary/aromatic N) is 1. The van der Waals surface area contributed by atoms with Crippen molar-refractivity contribution in [3.8, 4) is 0 Å². The third-order valence-corrected chi connectivity index (χ3v) is 5.44. The fraction of sp³-hybridized carbons (Fsp3) is 0.643. The number of nitrogens with one attached hydrogen (secondary N) is 1. The zero-order valence-corrected chi connectivity index (χ0v) is 15.2. The van der Waals surface area contributed by atoms with Crippen molar-refractivity contribution in [2.75, 3.05) is 20.1 Å². The molecule has 7 nitrogen and oxygen atoms in total. The maximum absolute atomic E-state index is 12.7. The normalized spacial score (nSPS) is 21.8. The molecule has 132 valence electrons. The molecule has 1 fully saturated rings. The highest BCUT2D eigenvalue weighted by molar-refractivity contribution is 7.89. The predicted molar refractivity (Wildman–Crippen MR) is 89.2 cm³/mol. The number of hydrogen-bond donors (Lipinski definition) is 2. The van der Waals surface area contributed by atoms with Crippen molar-refractivity contribution in [3.63, 3.8) is 0 Å². The summed E-state index contributed by atoms with van der Waals surface area (Å²) in [6, 6.07) is 1.27. The van der Waals surface area contributed by atoms with Crippen LogP contribution in [-0.4, -0.2) is 45.4 Å². The van der Waals surface area contributed by atoms with Crippen LogP contribution in [0.25, 0.3) is 0 Å². The minimum Gasteiger partial charge on any atom is -0.448 e. The van der Waals surface area contributed by atoms with Crippen LogP contribution in [-0.2, 0) is 10.0 Å². The zero-order chi connectivity index (χ0) is 16.5. The van der Waals surface area contributed by atoms with Gasteiger partial charge in [0.25, 0.3) is 15.9 Å². The molecule has 2 unspecified atom stereocenters. The van der Waals surface area contributed by atoms with Gasteiger partial charge in [-0.1, -0.05) is 6.92 Å². The number of aryl methyl sites for hydroxylation is 1. The van der Waals surface area contributed by atoms with Gasteiger partial charge in [0.15, 0.2) is 0 Å². The summed E-state index contributed by atoms with van der Waals surface area (Å²) in [6.07, 6.45) is 1.78. The van der Waals surface area contributed by atoms with E-state index in [4.69, 9.17) is 10.2 Å². The molecule has 1 aliphatic rings. The van der Waals surface area contributed by atoms with E-state index in [1.165, 1.54) is 13.1 Å². The van der Waals surface area contributed by atoms with Gasteiger partial charge in [-0.15, -0.1) is 12.4 Å².